The molecule has 1 aliphatic heterocycles. The van der Waals surface area contributed by atoms with Gasteiger partial charge in [0.05, 0.1) is 11.6 Å². The van der Waals surface area contributed by atoms with E-state index in [2.05, 4.69) is 0 Å². The van der Waals surface area contributed by atoms with Gasteiger partial charge in [0.2, 0.25) is 0 Å². The fourth-order valence-electron chi connectivity index (χ4n) is 2.18. The van der Waals surface area contributed by atoms with Crippen molar-refractivity contribution < 1.29 is 19.8 Å². The summed E-state index contributed by atoms with van der Waals surface area (Å²) in [7, 11) is 0. The average molecular weight is 282 g/mol. The van der Waals surface area contributed by atoms with Crippen LogP contribution in [0.2, 0.25) is 5.02 Å². The number of halogens is 1. The Morgan fingerprint density at radius 2 is 2.05 bits per heavy atom. The predicted octanol–water partition coefficient (Wildman–Crippen LogP) is 1.57. The van der Waals surface area contributed by atoms with Crippen LogP contribution < -0.4 is 0 Å². The van der Waals surface area contributed by atoms with Gasteiger partial charge in [-0.15, -0.1) is 0 Å². The van der Waals surface area contributed by atoms with Gasteiger partial charge in [0, 0.05) is 5.02 Å². The van der Waals surface area contributed by atoms with Crippen molar-refractivity contribution in [2.45, 2.75) is 13.0 Å². The van der Waals surface area contributed by atoms with E-state index in [4.69, 9.17) is 11.6 Å². The van der Waals surface area contributed by atoms with Crippen molar-refractivity contribution >= 4 is 23.3 Å². The third-order valence-electron chi connectivity index (χ3n) is 3.04. The number of nitrogens with zero attached hydrogens (tertiary/aromatic N) is 1. The highest BCUT2D eigenvalue weighted by atomic mass is 35.5. The molecule has 0 radical (unpaired) electrons. The van der Waals surface area contributed by atoms with Crippen LogP contribution in [0.4, 0.5) is 0 Å². The van der Waals surface area contributed by atoms with Gasteiger partial charge in [0.1, 0.15) is 6.73 Å². The smallest absolute Gasteiger partial charge is 0.291 e. The molecular formula is C13H12ClNO4. The van der Waals surface area contributed by atoms with Crippen LogP contribution in [0.5, 0.6) is 0 Å². The summed E-state index contributed by atoms with van der Waals surface area (Å²) in [5.41, 5.74) is 0.438. The third kappa shape index (κ3) is 2.11. The second-order valence-electron chi connectivity index (χ2n) is 4.16. The Hall–Kier alpha value is -1.85. The molecule has 2 N–H and O–H groups in total. The molecule has 0 aliphatic carbocycles. The van der Waals surface area contributed by atoms with E-state index in [1.807, 2.05) is 0 Å². The average Bonchev–Trinajstić information content (AvgIpc) is 2.62. The highest BCUT2D eigenvalue weighted by Crippen LogP contribution is 2.39. The van der Waals surface area contributed by atoms with Gasteiger partial charge in [0.25, 0.3) is 5.91 Å². The Balaban J connectivity index is 2.61. The quantitative estimate of drug-likeness (QED) is 0.882. The lowest BCUT2D eigenvalue weighted by atomic mass is 9.97. The zero-order valence-corrected chi connectivity index (χ0v) is 10.9. The molecule has 5 nitrogen and oxygen atoms in total. The molecule has 0 fully saturated rings. The summed E-state index contributed by atoms with van der Waals surface area (Å²) in [5, 5.41) is 19.4. The van der Waals surface area contributed by atoms with Crippen molar-refractivity contribution in [3.63, 3.8) is 0 Å². The highest BCUT2D eigenvalue weighted by Gasteiger charge is 2.42. The Kier molecular flexibility index (Phi) is 3.59. The van der Waals surface area contributed by atoms with E-state index < -0.39 is 30.2 Å². The summed E-state index contributed by atoms with van der Waals surface area (Å²) in [5.74, 6) is -1.85. The van der Waals surface area contributed by atoms with E-state index in [-0.39, 0.29) is 5.57 Å². The third-order valence-corrected chi connectivity index (χ3v) is 3.38. The molecule has 100 valence electrons. The normalized spacial score (nSPS) is 19.2. The van der Waals surface area contributed by atoms with E-state index in [1.54, 1.807) is 24.3 Å². The van der Waals surface area contributed by atoms with Gasteiger partial charge in [-0.05, 0) is 18.6 Å². The van der Waals surface area contributed by atoms with Crippen molar-refractivity contribution in [3.05, 3.63) is 46.2 Å². The minimum Gasteiger partial charge on any atom is -0.503 e. The minimum atomic E-state index is -0.858. The molecule has 0 saturated carbocycles. The van der Waals surface area contributed by atoms with Crippen LogP contribution in [0.25, 0.3) is 0 Å². The number of Topliss-reactive ketones (excluding diaryl/α,β-unsaturated/α-hetero) is 1. The van der Waals surface area contributed by atoms with Crippen LogP contribution in [-0.2, 0) is 9.59 Å². The summed E-state index contributed by atoms with van der Waals surface area (Å²) in [6.45, 7) is 0.638. The summed E-state index contributed by atoms with van der Waals surface area (Å²) in [4.78, 5) is 24.4. The number of amides is 1. The molecule has 1 heterocycles. The first-order chi connectivity index (χ1) is 8.99. The van der Waals surface area contributed by atoms with Gasteiger partial charge >= 0.3 is 0 Å². The number of benzene rings is 1. The zero-order valence-electron chi connectivity index (χ0n) is 10.1. The van der Waals surface area contributed by atoms with Crippen LogP contribution in [0.15, 0.2) is 35.6 Å². The van der Waals surface area contributed by atoms with Crippen LogP contribution in [-0.4, -0.2) is 33.5 Å². The number of carbonyl (C=O) groups is 2. The van der Waals surface area contributed by atoms with Gasteiger partial charge in [0.15, 0.2) is 11.5 Å². The van der Waals surface area contributed by atoms with E-state index in [9.17, 15) is 19.8 Å². The maximum absolute atomic E-state index is 11.8. The van der Waals surface area contributed by atoms with E-state index in [0.717, 1.165) is 4.90 Å². The number of aliphatic hydroxyl groups is 2. The van der Waals surface area contributed by atoms with Crippen molar-refractivity contribution in [1.29, 1.82) is 0 Å². The molecule has 2 rings (SSSR count). The standard InChI is InChI=1S/C13H12ClNO4/c1-7(17)10-11(8-4-2-3-5-9(8)14)15(6-16)13(19)12(10)18/h2-5,11,16,18H,6H2,1H3/t11-/m1/s1. The number of rotatable bonds is 3. The van der Waals surface area contributed by atoms with Crippen molar-refractivity contribution in [2.24, 2.45) is 0 Å². The number of hydrogen-bond acceptors (Lipinski definition) is 4. The van der Waals surface area contributed by atoms with Crippen LogP contribution in [0, 0.1) is 0 Å². The number of carbonyl (C=O) groups excluding carboxylic acids is 2. The van der Waals surface area contributed by atoms with Crippen molar-refractivity contribution in [2.75, 3.05) is 6.73 Å². The Morgan fingerprint density at radius 1 is 1.42 bits per heavy atom. The molecule has 0 unspecified atom stereocenters. The first kappa shape index (κ1) is 13.6. The van der Waals surface area contributed by atoms with Crippen LogP contribution in [0.1, 0.15) is 18.5 Å². The van der Waals surface area contributed by atoms with Crippen LogP contribution in [0.3, 0.4) is 0 Å². The maximum Gasteiger partial charge on any atom is 0.291 e. The van der Waals surface area contributed by atoms with Gasteiger partial charge in [-0.1, -0.05) is 29.8 Å². The predicted molar refractivity (Wildman–Crippen MR) is 68.5 cm³/mol. The van der Waals surface area contributed by atoms with E-state index in [0.29, 0.717) is 10.6 Å². The molecular weight excluding hydrogens is 270 g/mol. The largest absolute Gasteiger partial charge is 0.503 e. The lowest BCUT2D eigenvalue weighted by Crippen LogP contribution is -2.31. The lowest BCUT2D eigenvalue weighted by Gasteiger charge is -2.24. The first-order valence-electron chi connectivity index (χ1n) is 5.59. The zero-order chi connectivity index (χ0) is 14.2. The number of ketones is 1. The summed E-state index contributed by atoms with van der Waals surface area (Å²) < 4.78 is 0. The van der Waals surface area contributed by atoms with Crippen molar-refractivity contribution in [3.8, 4) is 0 Å². The molecule has 1 aliphatic rings. The molecule has 1 atom stereocenters. The molecule has 6 heteroatoms. The molecule has 1 aromatic rings. The SMILES string of the molecule is CC(=O)C1=C(O)C(=O)N(CO)[C@@H]1c1ccccc1Cl. The summed E-state index contributed by atoms with van der Waals surface area (Å²) in [6, 6.07) is 5.81. The highest BCUT2D eigenvalue weighted by molar-refractivity contribution is 6.31. The first-order valence-corrected chi connectivity index (χ1v) is 5.97. The fourth-order valence-corrected chi connectivity index (χ4v) is 2.42. The number of aliphatic hydroxyl groups excluding tert-OH is 2. The molecule has 1 amide bonds. The Bertz CT molecular complexity index is 582. The maximum atomic E-state index is 11.8. The number of hydrogen-bond donors (Lipinski definition) is 2. The molecule has 19 heavy (non-hydrogen) atoms. The molecule has 0 spiro atoms. The molecule has 0 bridgehead atoms. The summed E-state index contributed by atoms with van der Waals surface area (Å²) in [6.07, 6.45) is 0. The Labute approximate surface area is 114 Å². The molecule has 0 aromatic heterocycles. The minimum absolute atomic E-state index is 0.0489. The van der Waals surface area contributed by atoms with E-state index >= 15 is 0 Å². The molecule has 1 aromatic carbocycles. The summed E-state index contributed by atoms with van der Waals surface area (Å²) >= 11 is 6.06. The second kappa shape index (κ2) is 5.03. The van der Waals surface area contributed by atoms with Gasteiger partial charge in [-0.3, -0.25) is 9.59 Å². The Morgan fingerprint density at radius 3 is 2.58 bits per heavy atom. The second-order valence-corrected chi connectivity index (χ2v) is 4.57. The molecule has 0 saturated heterocycles. The van der Waals surface area contributed by atoms with Gasteiger partial charge in [-0.25, -0.2) is 0 Å². The van der Waals surface area contributed by atoms with Crippen LogP contribution >= 0.6 is 11.6 Å². The van der Waals surface area contributed by atoms with E-state index in [1.165, 1.54) is 6.92 Å². The monoisotopic (exact) mass is 281 g/mol. The lowest BCUT2D eigenvalue weighted by molar-refractivity contribution is -0.133. The van der Waals surface area contributed by atoms with Gasteiger partial charge < -0.3 is 15.1 Å². The van der Waals surface area contributed by atoms with Gasteiger partial charge in [-0.2, -0.15) is 0 Å². The van der Waals surface area contributed by atoms with Crippen molar-refractivity contribution in [1.82, 2.24) is 4.90 Å². The topological polar surface area (TPSA) is 77.8 Å². The fraction of sp³-hybridized carbons (Fsp3) is 0.231.